The molecule has 2 nitrogen and oxygen atoms in total. The van der Waals surface area contributed by atoms with Crippen molar-refractivity contribution in [2.45, 2.75) is 26.2 Å². The maximum absolute atomic E-state index is 6.15. The van der Waals surface area contributed by atoms with Gasteiger partial charge in [0.15, 0.2) is 5.58 Å². The van der Waals surface area contributed by atoms with Crippen LogP contribution >= 0.6 is 0 Å². The largest absolute Gasteiger partial charge is 0.436 e. The van der Waals surface area contributed by atoms with Crippen molar-refractivity contribution < 1.29 is 4.42 Å². The molecule has 0 aliphatic carbocycles. The van der Waals surface area contributed by atoms with Crippen molar-refractivity contribution in [1.29, 1.82) is 0 Å². The maximum atomic E-state index is 6.15. The molecule has 25 heavy (non-hydrogen) atoms. The van der Waals surface area contributed by atoms with E-state index in [2.05, 4.69) is 74.5 Å². The Hall–Kier alpha value is -2.87. The zero-order valence-electron chi connectivity index (χ0n) is 14.6. The topological polar surface area (TPSA) is 26.0 Å². The van der Waals surface area contributed by atoms with E-state index in [4.69, 9.17) is 9.40 Å². The molecule has 4 rings (SSSR count). The highest BCUT2D eigenvalue weighted by Gasteiger charge is 2.12. The molecule has 3 aromatic carbocycles. The molecule has 0 aliphatic rings. The van der Waals surface area contributed by atoms with Gasteiger partial charge in [0.1, 0.15) is 5.52 Å². The molecule has 0 radical (unpaired) electrons. The van der Waals surface area contributed by atoms with Gasteiger partial charge in [-0.05, 0) is 35.2 Å². The molecule has 124 valence electrons. The van der Waals surface area contributed by atoms with E-state index in [1.165, 1.54) is 16.7 Å². The highest BCUT2D eigenvalue weighted by Crippen LogP contribution is 2.28. The number of aromatic nitrogens is 1. The smallest absolute Gasteiger partial charge is 0.227 e. The summed E-state index contributed by atoms with van der Waals surface area (Å²) in [4.78, 5) is 4.69. The first-order valence-electron chi connectivity index (χ1n) is 8.73. The van der Waals surface area contributed by atoms with E-state index < -0.39 is 0 Å². The van der Waals surface area contributed by atoms with E-state index in [1.807, 2.05) is 12.1 Å². The third kappa shape index (κ3) is 3.20. The quantitative estimate of drug-likeness (QED) is 0.445. The van der Waals surface area contributed by atoms with Gasteiger partial charge in [0.2, 0.25) is 5.89 Å². The maximum Gasteiger partial charge on any atom is 0.227 e. The summed E-state index contributed by atoms with van der Waals surface area (Å²) < 4.78 is 6.15. The number of hydrogen-bond acceptors (Lipinski definition) is 2. The molecule has 1 heterocycles. The molecule has 2 heteroatoms. The predicted molar refractivity (Wildman–Crippen MR) is 103 cm³/mol. The average Bonchev–Trinajstić information content (AvgIpc) is 3.08. The molecule has 0 bridgehead atoms. The Kier molecular flexibility index (Phi) is 4.10. The molecular formula is C23H21NO. The van der Waals surface area contributed by atoms with Crippen molar-refractivity contribution in [2.24, 2.45) is 0 Å². The fourth-order valence-corrected chi connectivity index (χ4v) is 3.10. The van der Waals surface area contributed by atoms with E-state index in [1.54, 1.807) is 0 Å². The van der Waals surface area contributed by atoms with Crippen LogP contribution in [0.15, 0.2) is 77.2 Å². The van der Waals surface area contributed by atoms with Gasteiger partial charge in [-0.2, -0.15) is 0 Å². The van der Waals surface area contributed by atoms with Crippen LogP contribution in [0, 0.1) is 0 Å². The van der Waals surface area contributed by atoms with Gasteiger partial charge in [0.05, 0.1) is 0 Å². The summed E-state index contributed by atoms with van der Waals surface area (Å²) in [6.45, 7) is 4.40. The molecule has 1 aromatic heterocycles. The van der Waals surface area contributed by atoms with Crippen LogP contribution in [0.5, 0.6) is 0 Å². The number of para-hydroxylation sites is 1. The Morgan fingerprint density at radius 3 is 2.32 bits per heavy atom. The summed E-state index contributed by atoms with van der Waals surface area (Å²) in [6.07, 6.45) is 0.846. The average molecular weight is 327 g/mol. The van der Waals surface area contributed by atoms with Crippen molar-refractivity contribution in [1.82, 2.24) is 4.98 Å². The molecule has 0 unspecified atom stereocenters. The third-order valence-corrected chi connectivity index (χ3v) is 4.56. The van der Waals surface area contributed by atoms with Crippen LogP contribution < -0.4 is 0 Å². The normalized spacial score (nSPS) is 11.3. The summed E-state index contributed by atoms with van der Waals surface area (Å²) in [6, 6.07) is 25.1. The summed E-state index contributed by atoms with van der Waals surface area (Å²) >= 11 is 0. The summed E-state index contributed by atoms with van der Waals surface area (Å²) in [5.74, 6) is 1.21. The lowest BCUT2D eigenvalue weighted by molar-refractivity contribution is 0.616. The molecule has 0 atom stereocenters. The lowest BCUT2D eigenvalue weighted by atomic mass is 10.0. The number of oxazole rings is 1. The number of fused-ring (bicyclic) bond motifs is 1. The van der Waals surface area contributed by atoms with Gasteiger partial charge in [-0.3, -0.25) is 0 Å². The standard InChI is InChI=1S/C23H21NO/c1-16(2)18-11-13-19(14-12-18)23-24-21-10-6-9-20(22(21)25-23)15-17-7-4-3-5-8-17/h3-14,16H,15H2,1-2H3. The third-order valence-electron chi connectivity index (χ3n) is 4.56. The molecule has 0 amide bonds. The predicted octanol–water partition coefficient (Wildman–Crippen LogP) is 6.21. The van der Waals surface area contributed by atoms with Gasteiger partial charge >= 0.3 is 0 Å². The van der Waals surface area contributed by atoms with Gasteiger partial charge in [0.25, 0.3) is 0 Å². The minimum Gasteiger partial charge on any atom is -0.436 e. The van der Waals surface area contributed by atoms with Gasteiger partial charge in [-0.15, -0.1) is 0 Å². The van der Waals surface area contributed by atoms with E-state index >= 15 is 0 Å². The highest BCUT2D eigenvalue weighted by molar-refractivity contribution is 5.79. The van der Waals surface area contributed by atoms with Crippen molar-refractivity contribution in [3.05, 3.63) is 89.5 Å². The van der Waals surface area contributed by atoms with E-state index in [-0.39, 0.29) is 0 Å². The van der Waals surface area contributed by atoms with Gasteiger partial charge in [0, 0.05) is 17.5 Å². The Bertz CT molecular complexity index is 982. The number of nitrogens with zero attached hydrogens (tertiary/aromatic N) is 1. The molecule has 0 saturated carbocycles. The van der Waals surface area contributed by atoms with E-state index in [0.717, 1.165) is 23.1 Å². The zero-order valence-corrected chi connectivity index (χ0v) is 14.6. The van der Waals surface area contributed by atoms with Gasteiger partial charge < -0.3 is 4.42 Å². The second kappa shape index (κ2) is 6.56. The molecule has 0 N–H and O–H groups in total. The first-order chi connectivity index (χ1) is 12.2. The molecular weight excluding hydrogens is 306 g/mol. The second-order valence-corrected chi connectivity index (χ2v) is 6.72. The van der Waals surface area contributed by atoms with Crippen molar-refractivity contribution in [2.75, 3.05) is 0 Å². The van der Waals surface area contributed by atoms with Crippen LogP contribution in [0.4, 0.5) is 0 Å². The Morgan fingerprint density at radius 1 is 0.840 bits per heavy atom. The number of hydrogen-bond donors (Lipinski definition) is 0. The Morgan fingerprint density at radius 2 is 1.60 bits per heavy atom. The van der Waals surface area contributed by atoms with Crippen molar-refractivity contribution in [3.63, 3.8) is 0 Å². The SMILES string of the molecule is CC(C)c1ccc(-c2nc3cccc(Cc4ccccc4)c3o2)cc1. The molecule has 4 aromatic rings. The molecule has 0 fully saturated rings. The molecule has 0 aliphatic heterocycles. The van der Waals surface area contributed by atoms with Crippen LogP contribution in [0.25, 0.3) is 22.6 Å². The Labute approximate surface area is 148 Å². The zero-order chi connectivity index (χ0) is 17.2. The lowest BCUT2D eigenvalue weighted by Gasteiger charge is -2.04. The van der Waals surface area contributed by atoms with Crippen LogP contribution in [-0.4, -0.2) is 4.98 Å². The van der Waals surface area contributed by atoms with Gasteiger partial charge in [-0.1, -0.05) is 68.4 Å². The van der Waals surface area contributed by atoms with Crippen LogP contribution in [-0.2, 0) is 6.42 Å². The second-order valence-electron chi connectivity index (χ2n) is 6.72. The summed E-state index contributed by atoms with van der Waals surface area (Å²) in [5.41, 5.74) is 6.58. The molecule has 0 saturated heterocycles. The van der Waals surface area contributed by atoms with E-state index in [9.17, 15) is 0 Å². The summed E-state index contributed by atoms with van der Waals surface area (Å²) in [7, 11) is 0. The first-order valence-corrected chi connectivity index (χ1v) is 8.73. The first kappa shape index (κ1) is 15.6. The van der Waals surface area contributed by atoms with Crippen LogP contribution in [0.3, 0.4) is 0 Å². The van der Waals surface area contributed by atoms with Crippen molar-refractivity contribution in [3.8, 4) is 11.5 Å². The lowest BCUT2D eigenvalue weighted by Crippen LogP contribution is -1.87. The minimum atomic E-state index is 0.523. The number of rotatable bonds is 4. The van der Waals surface area contributed by atoms with Crippen molar-refractivity contribution >= 4 is 11.1 Å². The minimum absolute atomic E-state index is 0.523. The summed E-state index contributed by atoms with van der Waals surface area (Å²) in [5, 5.41) is 0. The van der Waals surface area contributed by atoms with Crippen LogP contribution in [0.2, 0.25) is 0 Å². The van der Waals surface area contributed by atoms with Crippen LogP contribution in [0.1, 0.15) is 36.5 Å². The number of benzene rings is 3. The molecule has 0 spiro atoms. The fourth-order valence-electron chi connectivity index (χ4n) is 3.10. The van der Waals surface area contributed by atoms with E-state index in [0.29, 0.717) is 11.8 Å². The van der Waals surface area contributed by atoms with Gasteiger partial charge in [-0.25, -0.2) is 4.98 Å². The highest BCUT2D eigenvalue weighted by atomic mass is 16.3. The fraction of sp³-hybridized carbons (Fsp3) is 0.174. The Balaban J connectivity index is 1.71. The monoisotopic (exact) mass is 327 g/mol.